The van der Waals surface area contributed by atoms with E-state index in [-0.39, 0.29) is 27.7 Å². The number of halogens is 16. The van der Waals surface area contributed by atoms with E-state index < -0.39 is 29.0 Å². The largest absolute Gasteiger partial charge is 0.673 e. The van der Waals surface area contributed by atoms with Gasteiger partial charge in [0.15, 0.2) is 0 Å². The molecule has 0 radical (unpaired) electrons. The minimum atomic E-state index is -6.00. The molecule has 0 aromatic rings. The van der Waals surface area contributed by atoms with Gasteiger partial charge in [0, 0.05) is 0 Å². The topological polar surface area (TPSA) is 0 Å². The molecule has 0 saturated carbocycles. The molecule has 0 atom stereocenters. The SMILES string of the molecule is C1C[CH2][U+4][CH2]1.F[B-](F)(F)F.F[B-](F)(F)F.F[B-](F)(F)F.F[B-](F)(F)F. The molecule has 152 valence electrons. The summed E-state index contributed by atoms with van der Waals surface area (Å²) in [5, 5.41) is 0. The smallest absolute Gasteiger partial charge is 0.418 e. The Kier molecular flexibility index (Phi) is 20.1. The Morgan fingerprint density at radius 1 is 0.360 bits per heavy atom. The summed E-state index contributed by atoms with van der Waals surface area (Å²) in [6, 6.07) is 0. The maximum absolute atomic E-state index is 9.75. The van der Waals surface area contributed by atoms with Crippen LogP contribution >= 0.6 is 0 Å². The Hall–Kier alpha value is 0.192. The van der Waals surface area contributed by atoms with Crippen LogP contribution in [0.4, 0.5) is 69.1 Å². The van der Waals surface area contributed by atoms with Crippen LogP contribution in [0, 0.1) is 27.7 Å². The molecular weight excluding hydrogens is 633 g/mol. The molecule has 0 aliphatic carbocycles. The van der Waals surface area contributed by atoms with Crippen LogP contribution in [0.5, 0.6) is 0 Å². The molecule has 1 heterocycles. The van der Waals surface area contributed by atoms with E-state index in [1.165, 1.54) is 0 Å². The second-order valence-electron chi connectivity index (χ2n) is 3.44. The van der Waals surface area contributed by atoms with Crippen molar-refractivity contribution in [1.82, 2.24) is 0 Å². The normalized spacial score (nSPS) is 13.8. The van der Waals surface area contributed by atoms with E-state index in [0.717, 1.165) is 0 Å². The summed E-state index contributed by atoms with van der Waals surface area (Å²) in [5.41, 5.74) is 0. The Morgan fingerprint density at radius 2 is 0.480 bits per heavy atom. The van der Waals surface area contributed by atoms with Crippen LogP contribution in [-0.4, -0.2) is 29.0 Å². The first kappa shape index (κ1) is 32.8. The Balaban J connectivity index is -0.000000110. The molecule has 0 aromatic carbocycles. The Morgan fingerprint density at radius 3 is 0.520 bits per heavy atom. The second-order valence-corrected chi connectivity index (χ2v) is 9.68. The van der Waals surface area contributed by atoms with Gasteiger partial charge in [-0.1, -0.05) is 0 Å². The zero-order chi connectivity index (χ0) is 21.5. The van der Waals surface area contributed by atoms with E-state index in [1.807, 2.05) is 0 Å². The van der Waals surface area contributed by atoms with Crippen LogP contribution in [0.2, 0.25) is 6.91 Å². The van der Waals surface area contributed by atoms with Crippen molar-refractivity contribution in [3.05, 3.63) is 0 Å². The first-order valence-corrected chi connectivity index (χ1v) is 11.6. The van der Waals surface area contributed by atoms with Crippen LogP contribution in [-0.2, 0) is 0 Å². The summed E-state index contributed by atoms with van der Waals surface area (Å²) in [5.74, 6) is 0. The molecule has 1 fully saturated rings. The fourth-order valence-electron chi connectivity index (χ4n) is 0.625. The first-order valence-electron chi connectivity index (χ1n) is 5.70. The quantitative estimate of drug-likeness (QED) is 0.200. The molecule has 0 unspecified atom stereocenters. The fourth-order valence-corrected chi connectivity index (χ4v) is 5.83. The summed E-state index contributed by atoms with van der Waals surface area (Å²) >= 11 is 0.0590. The molecule has 0 spiro atoms. The van der Waals surface area contributed by atoms with Gasteiger partial charge < -0.3 is 69.1 Å². The zero-order valence-electron chi connectivity index (χ0n) is 11.7. The third kappa shape index (κ3) is 442. The van der Waals surface area contributed by atoms with E-state index in [1.54, 1.807) is 19.8 Å². The molecule has 0 aromatic heterocycles. The van der Waals surface area contributed by atoms with Crippen molar-refractivity contribution in [3.8, 4) is 0 Å². The Labute approximate surface area is 145 Å². The van der Waals surface area contributed by atoms with Crippen molar-refractivity contribution in [2.45, 2.75) is 19.8 Å². The third-order valence-corrected chi connectivity index (χ3v) is 6.85. The standard InChI is InChI=1S/C4H8.4BF4.U/c1-3-4-2;4*2-1(3,4)5;/h1-4H2;;;;;/q;4*-1;+4. The molecule has 1 aliphatic heterocycles. The van der Waals surface area contributed by atoms with Gasteiger partial charge in [0.05, 0.1) is 0 Å². The summed E-state index contributed by atoms with van der Waals surface area (Å²) < 4.78 is 159. The predicted molar refractivity (Wildman–Crippen MR) is 59.6 cm³/mol. The fraction of sp³-hybridized carbons (Fsp3) is 1.00. The van der Waals surface area contributed by atoms with Crippen LogP contribution in [0.25, 0.3) is 0 Å². The molecule has 0 amide bonds. The maximum Gasteiger partial charge on any atom is 0.673 e. The first-order chi connectivity index (χ1) is 10.5. The molecular formula is C4H8B4F16U. The average Bonchev–Trinajstić information content (AvgIpc) is 2.59. The summed E-state index contributed by atoms with van der Waals surface area (Å²) in [6.45, 7) is 0. The monoisotopic (exact) mass is 642 g/mol. The zero-order valence-corrected chi connectivity index (χ0v) is 15.8. The van der Waals surface area contributed by atoms with Gasteiger partial charge in [-0.3, -0.25) is 0 Å². The molecule has 0 N–H and O–H groups in total. The van der Waals surface area contributed by atoms with Crippen LogP contribution < -0.4 is 0 Å². The van der Waals surface area contributed by atoms with Crippen molar-refractivity contribution in [1.29, 1.82) is 0 Å². The van der Waals surface area contributed by atoms with Gasteiger partial charge in [-0.05, 0) is 0 Å². The predicted octanol–water partition coefficient (Wildman–Crippen LogP) is 6.90. The van der Waals surface area contributed by atoms with Crippen molar-refractivity contribution < 1.29 is 96.8 Å². The van der Waals surface area contributed by atoms with E-state index in [4.69, 9.17) is 0 Å². The van der Waals surface area contributed by atoms with Crippen molar-refractivity contribution in [2.24, 2.45) is 0 Å². The number of rotatable bonds is 0. The molecule has 1 saturated heterocycles. The van der Waals surface area contributed by atoms with Gasteiger partial charge in [0.25, 0.3) is 0 Å². The average molecular weight is 641 g/mol. The second kappa shape index (κ2) is 15.3. The van der Waals surface area contributed by atoms with Gasteiger partial charge in [-0.2, -0.15) is 0 Å². The van der Waals surface area contributed by atoms with E-state index in [0.29, 0.717) is 0 Å². The van der Waals surface area contributed by atoms with Crippen LogP contribution in [0.15, 0.2) is 0 Å². The van der Waals surface area contributed by atoms with Gasteiger partial charge >= 0.3 is 76.5 Å². The maximum atomic E-state index is 9.75. The van der Waals surface area contributed by atoms with Gasteiger partial charge in [0.2, 0.25) is 0 Å². The summed E-state index contributed by atoms with van der Waals surface area (Å²) in [4.78, 5) is 0. The number of hydrogen-bond donors (Lipinski definition) is 0. The van der Waals surface area contributed by atoms with Crippen molar-refractivity contribution in [3.63, 3.8) is 0 Å². The van der Waals surface area contributed by atoms with E-state index in [2.05, 4.69) is 0 Å². The molecule has 1 aliphatic rings. The molecule has 25 heavy (non-hydrogen) atoms. The molecule has 1 rings (SSSR count). The van der Waals surface area contributed by atoms with E-state index in [9.17, 15) is 69.1 Å². The van der Waals surface area contributed by atoms with Gasteiger partial charge in [0.1, 0.15) is 0 Å². The minimum absolute atomic E-state index is 0.0590. The third-order valence-electron chi connectivity index (χ3n) is 0.957. The van der Waals surface area contributed by atoms with Crippen molar-refractivity contribution >= 4 is 29.0 Å². The van der Waals surface area contributed by atoms with Gasteiger partial charge in [-0.15, -0.1) is 0 Å². The molecule has 0 nitrogen and oxygen atoms in total. The summed E-state index contributed by atoms with van der Waals surface area (Å²) in [6.07, 6.45) is 3.19. The van der Waals surface area contributed by atoms with Crippen molar-refractivity contribution in [2.75, 3.05) is 0 Å². The number of hydrogen-bond acceptors (Lipinski definition) is 0. The Bertz CT molecular complexity index is 196. The van der Waals surface area contributed by atoms with Gasteiger partial charge in [-0.25, -0.2) is 0 Å². The molecule has 0 bridgehead atoms. The minimum Gasteiger partial charge on any atom is -0.418 e. The summed E-state index contributed by atoms with van der Waals surface area (Å²) in [7, 11) is -24.0. The van der Waals surface area contributed by atoms with E-state index >= 15 is 0 Å². The molecule has 21 heteroatoms. The van der Waals surface area contributed by atoms with Crippen LogP contribution in [0.3, 0.4) is 0 Å². The van der Waals surface area contributed by atoms with Crippen LogP contribution in [0.1, 0.15) is 12.8 Å².